The summed E-state index contributed by atoms with van der Waals surface area (Å²) in [4.78, 5) is 26.1. The number of allylic oxidation sites excluding steroid dienone is 2. The van der Waals surface area contributed by atoms with Crippen molar-refractivity contribution in [2.45, 2.75) is 51.0 Å². The standard InChI is InChI=1S/C24H29NO5/c1-3-28-17-8-4-7-16(13-17)22-21(24(27)30-14-18-9-6-12-29-18)15(2)25-19-10-5-11-20(26)23(19)22/h4,7-8,13,18,21-22,25H,2-3,5-6,9-12,14H2,1H3. The molecule has 0 saturated carbocycles. The zero-order chi connectivity index (χ0) is 21.1. The maximum absolute atomic E-state index is 13.2. The Hall–Kier alpha value is -2.60. The lowest BCUT2D eigenvalue weighted by atomic mass is 9.71. The summed E-state index contributed by atoms with van der Waals surface area (Å²) in [6, 6.07) is 7.64. The van der Waals surface area contributed by atoms with Crippen LogP contribution in [0.15, 0.2) is 47.8 Å². The van der Waals surface area contributed by atoms with Crippen LogP contribution in [0.1, 0.15) is 50.5 Å². The van der Waals surface area contributed by atoms with Gasteiger partial charge in [0.2, 0.25) is 0 Å². The van der Waals surface area contributed by atoms with Gasteiger partial charge in [-0.15, -0.1) is 0 Å². The van der Waals surface area contributed by atoms with E-state index in [4.69, 9.17) is 14.2 Å². The monoisotopic (exact) mass is 411 g/mol. The van der Waals surface area contributed by atoms with Gasteiger partial charge in [0, 0.05) is 35.9 Å². The van der Waals surface area contributed by atoms with Crippen molar-refractivity contribution in [3.05, 3.63) is 53.4 Å². The van der Waals surface area contributed by atoms with E-state index in [1.54, 1.807) is 0 Å². The van der Waals surface area contributed by atoms with Crippen molar-refractivity contribution < 1.29 is 23.8 Å². The van der Waals surface area contributed by atoms with E-state index >= 15 is 0 Å². The van der Waals surface area contributed by atoms with Gasteiger partial charge in [-0.2, -0.15) is 0 Å². The number of ketones is 1. The lowest BCUT2D eigenvalue weighted by Crippen LogP contribution is -2.41. The number of benzene rings is 1. The van der Waals surface area contributed by atoms with Crippen molar-refractivity contribution in [3.8, 4) is 5.75 Å². The number of hydrogen-bond donors (Lipinski definition) is 1. The molecule has 3 atom stereocenters. The predicted octanol–water partition coefficient (Wildman–Crippen LogP) is 3.63. The number of carbonyl (C=O) groups is 2. The summed E-state index contributed by atoms with van der Waals surface area (Å²) in [7, 11) is 0. The van der Waals surface area contributed by atoms with Crippen LogP contribution in [0.5, 0.6) is 5.75 Å². The third-order valence-corrected chi connectivity index (χ3v) is 6.00. The van der Waals surface area contributed by atoms with Crippen LogP contribution in [0.2, 0.25) is 0 Å². The molecule has 0 amide bonds. The number of hydrogen-bond acceptors (Lipinski definition) is 6. The van der Waals surface area contributed by atoms with Crippen molar-refractivity contribution in [1.29, 1.82) is 0 Å². The van der Waals surface area contributed by atoms with Gasteiger partial charge in [-0.1, -0.05) is 18.7 Å². The fourth-order valence-electron chi connectivity index (χ4n) is 4.64. The average Bonchev–Trinajstić information content (AvgIpc) is 3.25. The summed E-state index contributed by atoms with van der Waals surface area (Å²) in [5, 5.41) is 3.25. The Labute approximate surface area is 177 Å². The Morgan fingerprint density at radius 2 is 2.17 bits per heavy atom. The maximum atomic E-state index is 13.2. The van der Waals surface area contributed by atoms with Gasteiger partial charge in [-0.25, -0.2) is 0 Å². The Balaban J connectivity index is 1.68. The predicted molar refractivity (Wildman–Crippen MR) is 112 cm³/mol. The number of carbonyl (C=O) groups excluding carboxylic acids is 2. The van der Waals surface area contributed by atoms with Crippen molar-refractivity contribution in [3.63, 3.8) is 0 Å². The first-order valence-corrected chi connectivity index (χ1v) is 10.8. The molecule has 1 aromatic rings. The van der Waals surface area contributed by atoms with Crippen molar-refractivity contribution in [1.82, 2.24) is 5.32 Å². The van der Waals surface area contributed by atoms with Crippen LogP contribution in [0, 0.1) is 5.92 Å². The molecule has 2 aliphatic heterocycles. The highest BCUT2D eigenvalue weighted by Gasteiger charge is 2.44. The van der Waals surface area contributed by atoms with Crippen LogP contribution in [0.25, 0.3) is 0 Å². The molecule has 3 unspecified atom stereocenters. The number of rotatable bonds is 6. The summed E-state index contributed by atoms with van der Waals surface area (Å²) in [5.74, 6) is -0.682. The van der Waals surface area contributed by atoms with Gasteiger partial charge in [0.05, 0.1) is 12.7 Å². The molecule has 1 saturated heterocycles. The van der Waals surface area contributed by atoms with Crippen molar-refractivity contribution >= 4 is 11.8 Å². The Morgan fingerprint density at radius 1 is 1.30 bits per heavy atom. The molecule has 0 radical (unpaired) electrons. The van der Waals surface area contributed by atoms with E-state index < -0.39 is 11.8 Å². The summed E-state index contributed by atoms with van der Waals surface area (Å²) in [6.45, 7) is 7.53. The molecular formula is C24H29NO5. The Kier molecular flexibility index (Phi) is 6.23. The first-order chi connectivity index (χ1) is 14.6. The Morgan fingerprint density at radius 3 is 2.93 bits per heavy atom. The molecule has 1 N–H and O–H groups in total. The second-order valence-electron chi connectivity index (χ2n) is 8.05. The SMILES string of the molecule is C=C1NC2=C(C(=O)CCC2)C(c2cccc(OCC)c2)C1C(=O)OCC1CCCO1. The normalized spacial score (nSPS) is 26.2. The lowest BCUT2D eigenvalue weighted by Gasteiger charge is -2.38. The fraction of sp³-hybridized carbons (Fsp3) is 0.500. The van der Waals surface area contributed by atoms with E-state index in [0.29, 0.717) is 30.9 Å². The van der Waals surface area contributed by atoms with E-state index in [9.17, 15) is 9.59 Å². The van der Waals surface area contributed by atoms with Gasteiger partial charge in [-0.3, -0.25) is 9.59 Å². The molecule has 0 spiro atoms. The zero-order valence-corrected chi connectivity index (χ0v) is 17.4. The van der Waals surface area contributed by atoms with Crippen molar-refractivity contribution in [2.75, 3.05) is 19.8 Å². The van der Waals surface area contributed by atoms with E-state index in [1.165, 1.54) is 0 Å². The molecule has 4 rings (SSSR count). The highest BCUT2D eigenvalue weighted by Crippen LogP contribution is 2.45. The highest BCUT2D eigenvalue weighted by molar-refractivity contribution is 6.00. The van der Waals surface area contributed by atoms with Crippen LogP contribution in [0.4, 0.5) is 0 Å². The third-order valence-electron chi connectivity index (χ3n) is 6.00. The van der Waals surface area contributed by atoms with Crippen molar-refractivity contribution in [2.24, 2.45) is 5.92 Å². The topological polar surface area (TPSA) is 73.9 Å². The quantitative estimate of drug-likeness (QED) is 0.721. The Bertz CT molecular complexity index is 868. The van der Waals surface area contributed by atoms with Crippen LogP contribution in [-0.2, 0) is 19.1 Å². The fourth-order valence-corrected chi connectivity index (χ4v) is 4.64. The molecule has 6 heteroatoms. The summed E-state index contributed by atoms with van der Waals surface area (Å²) in [6.07, 6.45) is 3.90. The van der Waals surface area contributed by atoms with Gasteiger partial charge >= 0.3 is 5.97 Å². The van der Waals surface area contributed by atoms with E-state index in [2.05, 4.69) is 11.9 Å². The molecule has 0 aromatic heterocycles. The summed E-state index contributed by atoms with van der Waals surface area (Å²) < 4.78 is 16.9. The molecule has 160 valence electrons. The molecule has 0 bridgehead atoms. The number of Topliss-reactive ketones (excluding diaryl/α,β-unsaturated/α-hetero) is 1. The summed E-state index contributed by atoms with van der Waals surface area (Å²) >= 11 is 0. The van der Waals surface area contributed by atoms with Gasteiger partial charge in [0.25, 0.3) is 0 Å². The summed E-state index contributed by atoms with van der Waals surface area (Å²) in [5.41, 5.74) is 3.01. The molecule has 1 fully saturated rings. The average molecular weight is 411 g/mol. The van der Waals surface area contributed by atoms with Crippen LogP contribution >= 0.6 is 0 Å². The van der Waals surface area contributed by atoms with Gasteiger partial charge in [0.15, 0.2) is 5.78 Å². The first kappa shape index (κ1) is 20.7. The molecular weight excluding hydrogens is 382 g/mol. The smallest absolute Gasteiger partial charge is 0.315 e. The number of nitrogens with one attached hydrogen (secondary N) is 1. The molecule has 30 heavy (non-hydrogen) atoms. The largest absolute Gasteiger partial charge is 0.494 e. The maximum Gasteiger partial charge on any atom is 0.315 e. The molecule has 1 aliphatic carbocycles. The van der Waals surface area contributed by atoms with E-state index in [1.807, 2.05) is 31.2 Å². The number of esters is 1. The molecule has 1 aromatic carbocycles. The van der Waals surface area contributed by atoms with Gasteiger partial charge in [-0.05, 0) is 50.3 Å². The van der Waals surface area contributed by atoms with Crippen LogP contribution in [-0.4, -0.2) is 37.7 Å². The molecule has 2 heterocycles. The second kappa shape index (κ2) is 9.04. The minimum atomic E-state index is -0.677. The molecule has 3 aliphatic rings. The first-order valence-electron chi connectivity index (χ1n) is 10.8. The van der Waals surface area contributed by atoms with E-state index in [-0.39, 0.29) is 24.5 Å². The molecule has 6 nitrogen and oxygen atoms in total. The van der Waals surface area contributed by atoms with Gasteiger partial charge in [0.1, 0.15) is 18.3 Å². The lowest BCUT2D eigenvalue weighted by molar-refractivity contribution is -0.151. The third kappa shape index (κ3) is 4.15. The van der Waals surface area contributed by atoms with Gasteiger partial charge < -0.3 is 19.5 Å². The second-order valence-corrected chi connectivity index (χ2v) is 8.05. The van der Waals surface area contributed by atoms with E-state index in [0.717, 1.165) is 42.7 Å². The minimum Gasteiger partial charge on any atom is -0.494 e. The van der Waals surface area contributed by atoms with Crippen LogP contribution < -0.4 is 10.1 Å². The number of ether oxygens (including phenoxy) is 3. The van der Waals surface area contributed by atoms with Crippen LogP contribution in [0.3, 0.4) is 0 Å². The minimum absolute atomic E-state index is 0.0513. The zero-order valence-electron chi connectivity index (χ0n) is 17.4. The highest BCUT2D eigenvalue weighted by atomic mass is 16.6.